The Morgan fingerprint density at radius 3 is 1.41 bits per heavy atom. The van der Waals surface area contributed by atoms with Crippen LogP contribution in [0.1, 0.15) is 111 Å². The van der Waals surface area contributed by atoms with Crippen LogP contribution in [0.2, 0.25) is 0 Å². The second kappa shape index (κ2) is 18.4. The first-order valence-corrected chi connectivity index (χ1v) is 17.0. The molecule has 2 aromatic carbocycles. The molecule has 0 aromatic heterocycles. The maximum atomic E-state index is 12.5. The third kappa shape index (κ3) is 10.9. The summed E-state index contributed by atoms with van der Waals surface area (Å²) in [4.78, 5) is 25.0. The number of benzene rings is 2. The first kappa shape index (κ1) is 33.6. The summed E-state index contributed by atoms with van der Waals surface area (Å²) in [6.45, 7) is 0.702. The highest BCUT2D eigenvalue weighted by molar-refractivity contribution is 5.95. The Balaban J connectivity index is 1.03. The average Bonchev–Trinajstić information content (AvgIpc) is 3.10. The number of carbonyl (C=O) groups excluding carboxylic acids is 2. The van der Waals surface area contributed by atoms with Gasteiger partial charge in [0, 0.05) is 23.6 Å². The second-order valence-electron chi connectivity index (χ2n) is 12.4. The number of hydrogen-bond acceptors (Lipinski definition) is 8. The number of ether oxygens (including phenoxy) is 4. The van der Waals surface area contributed by atoms with Crippen LogP contribution < -0.4 is 20.3 Å². The molecule has 46 heavy (non-hydrogen) atoms. The maximum absolute atomic E-state index is 12.5. The number of hydrogen-bond donors (Lipinski definition) is 2. The van der Waals surface area contributed by atoms with E-state index in [0.29, 0.717) is 35.8 Å². The highest BCUT2D eigenvalue weighted by Gasteiger charge is 2.31. The Morgan fingerprint density at radius 2 is 1.02 bits per heavy atom. The van der Waals surface area contributed by atoms with Gasteiger partial charge in [-0.3, -0.25) is 9.59 Å². The lowest BCUT2D eigenvalue weighted by molar-refractivity contribution is -0.271. The van der Waals surface area contributed by atoms with Crippen LogP contribution in [0.25, 0.3) is 0 Å². The van der Waals surface area contributed by atoms with E-state index in [0.717, 1.165) is 37.5 Å². The van der Waals surface area contributed by atoms with Crippen molar-refractivity contribution >= 4 is 24.2 Å². The normalized spacial score (nSPS) is 21.3. The molecule has 2 saturated carbocycles. The summed E-state index contributed by atoms with van der Waals surface area (Å²) in [7, 11) is 0. The highest BCUT2D eigenvalue weighted by atomic mass is 16.8. The monoisotopic (exact) mass is 632 g/mol. The Hall–Kier alpha value is -3.76. The van der Waals surface area contributed by atoms with E-state index in [-0.39, 0.29) is 11.8 Å². The molecule has 3 fully saturated rings. The minimum absolute atomic E-state index is 0.280. The molecule has 2 aromatic rings. The van der Waals surface area contributed by atoms with Crippen molar-refractivity contribution in [1.29, 1.82) is 0 Å². The van der Waals surface area contributed by atoms with E-state index in [2.05, 4.69) is 21.1 Å². The molecule has 10 heteroatoms. The first-order valence-electron chi connectivity index (χ1n) is 17.0. The Kier molecular flexibility index (Phi) is 13.4. The van der Waals surface area contributed by atoms with Gasteiger partial charge in [0.1, 0.15) is 11.5 Å². The minimum atomic E-state index is -0.826. The standard InChI is InChI=1S/C36H48N4O6/c41-33(39-37-23-7-13-27-9-3-1-4-10-27)29-15-19-31(20-16-29)45-35-36(44-26-25-43-35)46-32-21-17-30(18-22-32)34(42)40-38-24-8-14-28-11-5-2-6-12-28/h15-24,27-28,35-36H,1-14,25-26H2,(H,39,41)(H,40,42)/b37-23-,38-24-/t35-,36+. The number of rotatable bonds is 14. The van der Waals surface area contributed by atoms with Crippen LogP contribution in [0.4, 0.5) is 0 Å². The smallest absolute Gasteiger partial charge is 0.271 e. The Morgan fingerprint density at radius 1 is 0.630 bits per heavy atom. The van der Waals surface area contributed by atoms with Crippen molar-refractivity contribution in [2.45, 2.75) is 102 Å². The van der Waals surface area contributed by atoms with Crippen LogP contribution in [0, 0.1) is 11.8 Å². The largest absolute Gasteiger partial charge is 0.458 e. The third-order valence-corrected chi connectivity index (χ3v) is 8.98. The van der Waals surface area contributed by atoms with Crippen molar-refractivity contribution in [1.82, 2.24) is 10.9 Å². The summed E-state index contributed by atoms with van der Waals surface area (Å²) in [6, 6.07) is 13.5. The fourth-order valence-corrected chi connectivity index (χ4v) is 6.34. The third-order valence-electron chi connectivity index (χ3n) is 8.98. The molecular formula is C36H48N4O6. The summed E-state index contributed by atoms with van der Waals surface area (Å²) in [5, 5.41) is 8.22. The zero-order valence-electron chi connectivity index (χ0n) is 26.7. The molecule has 0 radical (unpaired) electrons. The van der Waals surface area contributed by atoms with Gasteiger partial charge in [0.25, 0.3) is 24.4 Å². The van der Waals surface area contributed by atoms with E-state index in [1.807, 2.05) is 0 Å². The quantitative estimate of drug-likeness (QED) is 0.171. The Labute approximate surface area is 272 Å². The number of amides is 2. The fraction of sp³-hybridized carbons (Fsp3) is 0.556. The molecule has 1 heterocycles. The molecular weight excluding hydrogens is 584 g/mol. The van der Waals surface area contributed by atoms with Crippen molar-refractivity contribution in [2.24, 2.45) is 22.0 Å². The van der Waals surface area contributed by atoms with Crippen LogP contribution in [0.15, 0.2) is 58.7 Å². The van der Waals surface area contributed by atoms with Gasteiger partial charge >= 0.3 is 0 Å². The fourth-order valence-electron chi connectivity index (χ4n) is 6.34. The van der Waals surface area contributed by atoms with Gasteiger partial charge in [-0.1, -0.05) is 64.2 Å². The minimum Gasteiger partial charge on any atom is -0.458 e. The summed E-state index contributed by atoms with van der Waals surface area (Å²) in [5.41, 5.74) is 6.15. The van der Waals surface area contributed by atoms with E-state index < -0.39 is 12.6 Å². The van der Waals surface area contributed by atoms with E-state index in [1.54, 1.807) is 61.0 Å². The predicted octanol–water partition coefficient (Wildman–Crippen LogP) is 7.00. The molecule has 2 aliphatic carbocycles. The zero-order valence-corrected chi connectivity index (χ0v) is 26.7. The predicted molar refractivity (Wildman–Crippen MR) is 177 cm³/mol. The molecule has 0 spiro atoms. The molecule has 2 amide bonds. The summed E-state index contributed by atoms with van der Waals surface area (Å²) in [6.07, 6.45) is 19.2. The van der Waals surface area contributed by atoms with Gasteiger partial charge in [-0.25, -0.2) is 10.9 Å². The molecule has 0 unspecified atom stereocenters. The van der Waals surface area contributed by atoms with Crippen molar-refractivity contribution in [2.75, 3.05) is 13.2 Å². The molecule has 1 saturated heterocycles. The Bertz CT molecular complexity index is 1170. The van der Waals surface area contributed by atoms with Crippen molar-refractivity contribution < 1.29 is 28.5 Å². The molecule has 3 aliphatic rings. The molecule has 10 nitrogen and oxygen atoms in total. The maximum Gasteiger partial charge on any atom is 0.271 e. The molecule has 0 bridgehead atoms. The number of hydrazone groups is 2. The number of nitrogens with one attached hydrogen (secondary N) is 2. The van der Waals surface area contributed by atoms with E-state index >= 15 is 0 Å². The molecule has 1 aliphatic heterocycles. The summed E-state index contributed by atoms with van der Waals surface area (Å²) >= 11 is 0. The van der Waals surface area contributed by atoms with Gasteiger partial charge in [-0.2, -0.15) is 10.2 Å². The average molecular weight is 633 g/mol. The van der Waals surface area contributed by atoms with Crippen molar-refractivity contribution in [3.63, 3.8) is 0 Å². The zero-order chi connectivity index (χ0) is 31.8. The number of carbonyl (C=O) groups is 2. The number of nitrogens with zero attached hydrogens (tertiary/aromatic N) is 2. The van der Waals surface area contributed by atoms with Crippen molar-refractivity contribution in [3.8, 4) is 11.5 Å². The molecule has 248 valence electrons. The highest BCUT2D eigenvalue weighted by Crippen LogP contribution is 2.28. The summed E-state index contributed by atoms with van der Waals surface area (Å²) < 4.78 is 23.5. The van der Waals surface area contributed by atoms with Crippen molar-refractivity contribution in [3.05, 3.63) is 59.7 Å². The van der Waals surface area contributed by atoms with Crippen LogP contribution in [-0.4, -0.2) is 50.0 Å². The van der Waals surface area contributed by atoms with Gasteiger partial charge in [-0.05, 0) is 86.1 Å². The van der Waals surface area contributed by atoms with Gasteiger partial charge < -0.3 is 18.9 Å². The topological polar surface area (TPSA) is 120 Å². The van der Waals surface area contributed by atoms with Gasteiger partial charge in [0.2, 0.25) is 0 Å². The van der Waals surface area contributed by atoms with Crippen LogP contribution in [0.5, 0.6) is 11.5 Å². The molecule has 2 N–H and O–H groups in total. The lowest BCUT2D eigenvalue weighted by Crippen LogP contribution is -2.45. The van der Waals surface area contributed by atoms with Gasteiger partial charge in [0.15, 0.2) is 0 Å². The van der Waals surface area contributed by atoms with Crippen LogP contribution in [0.3, 0.4) is 0 Å². The van der Waals surface area contributed by atoms with Crippen LogP contribution in [-0.2, 0) is 9.47 Å². The molecule has 2 atom stereocenters. The molecule has 5 rings (SSSR count). The SMILES string of the molecule is O=C(N/N=C\CCC1CCCCC1)c1ccc(O[C@H]2OCCO[C@H]2Oc2ccc(C(=O)N/N=C\CCC3CCCCC3)cc2)cc1. The lowest BCUT2D eigenvalue weighted by atomic mass is 9.86. The first-order chi connectivity index (χ1) is 22.6. The lowest BCUT2D eigenvalue weighted by Gasteiger charge is -2.31. The van der Waals surface area contributed by atoms with E-state index in [4.69, 9.17) is 18.9 Å². The van der Waals surface area contributed by atoms with Crippen LogP contribution >= 0.6 is 0 Å². The van der Waals surface area contributed by atoms with Gasteiger partial charge in [0.05, 0.1) is 13.2 Å². The summed E-state index contributed by atoms with van der Waals surface area (Å²) in [5.74, 6) is 2.02. The van der Waals surface area contributed by atoms with E-state index in [9.17, 15) is 9.59 Å². The van der Waals surface area contributed by atoms with Gasteiger partial charge in [-0.15, -0.1) is 0 Å². The van der Waals surface area contributed by atoms with E-state index in [1.165, 1.54) is 64.2 Å². The second-order valence-corrected chi connectivity index (χ2v) is 12.4.